The highest BCUT2D eigenvalue weighted by Crippen LogP contribution is 1.95. The molecule has 116 valence electrons. The summed E-state index contributed by atoms with van der Waals surface area (Å²) >= 11 is 0. The van der Waals surface area contributed by atoms with Gasteiger partial charge in [0.15, 0.2) is 5.96 Å². The summed E-state index contributed by atoms with van der Waals surface area (Å²) < 4.78 is 10.1. The smallest absolute Gasteiger partial charge is 0.191 e. The molecule has 5 nitrogen and oxygen atoms in total. The molecule has 0 aromatic carbocycles. The van der Waals surface area contributed by atoms with E-state index in [1.165, 1.54) is 0 Å². The maximum Gasteiger partial charge on any atom is 0.191 e. The molecule has 0 heterocycles. The molecular weight excluding hydrogens is 357 g/mol. The lowest BCUT2D eigenvalue weighted by Gasteiger charge is -2.16. The highest BCUT2D eigenvalue weighted by atomic mass is 127. The van der Waals surface area contributed by atoms with Crippen LogP contribution in [0, 0.1) is 0 Å². The van der Waals surface area contributed by atoms with E-state index in [1.54, 1.807) is 14.2 Å². The van der Waals surface area contributed by atoms with E-state index in [2.05, 4.69) is 29.5 Å². The van der Waals surface area contributed by atoms with E-state index in [0.717, 1.165) is 44.9 Å². The number of rotatable bonds is 10. The second kappa shape index (κ2) is 16.0. The number of halogens is 1. The molecule has 0 saturated heterocycles. The van der Waals surface area contributed by atoms with Gasteiger partial charge in [0.05, 0.1) is 6.61 Å². The monoisotopic (exact) mass is 387 g/mol. The average molecular weight is 387 g/mol. The molecule has 1 unspecified atom stereocenters. The van der Waals surface area contributed by atoms with Crippen LogP contribution in [0.3, 0.4) is 0 Å². The van der Waals surface area contributed by atoms with Gasteiger partial charge < -0.3 is 20.1 Å². The molecule has 0 aliphatic heterocycles. The molecular formula is C13H30IN3O2. The number of nitrogens with one attached hydrogen (secondary N) is 2. The van der Waals surface area contributed by atoms with Crippen LogP contribution in [-0.2, 0) is 9.47 Å². The Kier molecular flexibility index (Phi) is 17.8. The molecule has 6 heteroatoms. The Labute approximate surface area is 134 Å². The van der Waals surface area contributed by atoms with Crippen molar-refractivity contribution in [2.75, 3.05) is 40.5 Å². The molecule has 0 aromatic rings. The first-order valence-corrected chi connectivity index (χ1v) is 6.77. The standard InChI is InChI=1S/C13H29N3O2.HI/c1-5-14-13(16-12(2)11-18-4)15-9-7-6-8-10-17-3;/h12H,5-11H2,1-4H3,(H2,14,15,16);1H. The highest BCUT2D eigenvalue weighted by Gasteiger charge is 2.03. The third-order valence-corrected chi connectivity index (χ3v) is 2.42. The number of ether oxygens (including phenoxy) is 2. The molecule has 0 radical (unpaired) electrons. The quantitative estimate of drug-likeness (QED) is 0.261. The lowest BCUT2D eigenvalue weighted by Crippen LogP contribution is -2.44. The van der Waals surface area contributed by atoms with Crippen LogP contribution in [0.2, 0.25) is 0 Å². The number of methoxy groups -OCH3 is 2. The summed E-state index contributed by atoms with van der Waals surface area (Å²) in [5.74, 6) is 0.869. The van der Waals surface area contributed by atoms with Crippen LogP contribution in [0.4, 0.5) is 0 Å². The number of aliphatic imine (C=N–C) groups is 1. The minimum Gasteiger partial charge on any atom is -0.385 e. The summed E-state index contributed by atoms with van der Waals surface area (Å²) in [6.45, 7) is 7.38. The lowest BCUT2D eigenvalue weighted by molar-refractivity contribution is 0.179. The molecule has 2 N–H and O–H groups in total. The van der Waals surface area contributed by atoms with Crippen LogP contribution in [0.25, 0.3) is 0 Å². The van der Waals surface area contributed by atoms with Crippen molar-refractivity contribution in [2.24, 2.45) is 4.99 Å². The predicted octanol–water partition coefficient (Wildman–Crippen LogP) is 2.01. The molecule has 0 amide bonds. The van der Waals surface area contributed by atoms with Crippen LogP contribution in [0.5, 0.6) is 0 Å². The summed E-state index contributed by atoms with van der Waals surface area (Å²) in [5, 5.41) is 6.54. The molecule has 0 saturated carbocycles. The van der Waals surface area contributed by atoms with Gasteiger partial charge >= 0.3 is 0 Å². The van der Waals surface area contributed by atoms with Crippen LogP contribution in [0.15, 0.2) is 4.99 Å². The second-order valence-corrected chi connectivity index (χ2v) is 4.31. The molecule has 0 aliphatic rings. The van der Waals surface area contributed by atoms with Crippen molar-refractivity contribution in [1.82, 2.24) is 10.6 Å². The van der Waals surface area contributed by atoms with Crippen LogP contribution in [-0.4, -0.2) is 52.5 Å². The van der Waals surface area contributed by atoms with Gasteiger partial charge in [-0.1, -0.05) is 0 Å². The van der Waals surface area contributed by atoms with E-state index in [0.29, 0.717) is 6.61 Å². The molecule has 0 aliphatic carbocycles. The van der Waals surface area contributed by atoms with Crippen LogP contribution in [0.1, 0.15) is 33.1 Å². The van der Waals surface area contributed by atoms with Gasteiger partial charge in [0, 0.05) is 40.0 Å². The Morgan fingerprint density at radius 3 is 2.47 bits per heavy atom. The fourth-order valence-electron chi connectivity index (χ4n) is 1.57. The molecule has 0 bridgehead atoms. The molecule has 0 aromatic heterocycles. The van der Waals surface area contributed by atoms with E-state index in [9.17, 15) is 0 Å². The lowest BCUT2D eigenvalue weighted by atomic mass is 10.2. The van der Waals surface area contributed by atoms with Crippen molar-refractivity contribution in [3.63, 3.8) is 0 Å². The molecule has 0 fully saturated rings. The largest absolute Gasteiger partial charge is 0.385 e. The molecule has 0 spiro atoms. The molecule has 1 atom stereocenters. The van der Waals surface area contributed by atoms with Crippen molar-refractivity contribution in [2.45, 2.75) is 39.2 Å². The Morgan fingerprint density at radius 2 is 1.89 bits per heavy atom. The summed E-state index contributed by atoms with van der Waals surface area (Å²) in [5.41, 5.74) is 0. The Bertz CT molecular complexity index is 216. The Hall–Kier alpha value is -0.0800. The minimum absolute atomic E-state index is 0. The maximum atomic E-state index is 5.09. The zero-order chi connectivity index (χ0) is 13.6. The van der Waals surface area contributed by atoms with Crippen LogP contribution < -0.4 is 10.6 Å². The van der Waals surface area contributed by atoms with Gasteiger partial charge in [0.2, 0.25) is 0 Å². The summed E-state index contributed by atoms with van der Waals surface area (Å²) in [6, 6.07) is 0.265. The zero-order valence-corrected chi connectivity index (χ0v) is 15.0. The zero-order valence-electron chi connectivity index (χ0n) is 12.7. The van der Waals surface area contributed by atoms with Gasteiger partial charge in [0.25, 0.3) is 0 Å². The summed E-state index contributed by atoms with van der Waals surface area (Å²) in [4.78, 5) is 4.53. The van der Waals surface area contributed by atoms with Gasteiger partial charge in [-0.15, -0.1) is 24.0 Å². The van der Waals surface area contributed by atoms with Crippen molar-refractivity contribution in [1.29, 1.82) is 0 Å². The van der Waals surface area contributed by atoms with Gasteiger partial charge in [-0.05, 0) is 33.1 Å². The van der Waals surface area contributed by atoms with Gasteiger partial charge in [-0.3, -0.25) is 4.99 Å². The van der Waals surface area contributed by atoms with Crippen LogP contribution >= 0.6 is 24.0 Å². The van der Waals surface area contributed by atoms with E-state index < -0.39 is 0 Å². The van der Waals surface area contributed by atoms with Crippen molar-refractivity contribution in [3.05, 3.63) is 0 Å². The van der Waals surface area contributed by atoms with Gasteiger partial charge in [-0.2, -0.15) is 0 Å². The Morgan fingerprint density at radius 1 is 1.16 bits per heavy atom. The van der Waals surface area contributed by atoms with Gasteiger partial charge in [0.1, 0.15) is 0 Å². The fraction of sp³-hybridized carbons (Fsp3) is 0.923. The topological polar surface area (TPSA) is 54.9 Å². The fourth-order valence-corrected chi connectivity index (χ4v) is 1.57. The summed E-state index contributed by atoms with van der Waals surface area (Å²) in [7, 11) is 3.45. The van der Waals surface area contributed by atoms with E-state index in [1.807, 2.05) is 0 Å². The third-order valence-electron chi connectivity index (χ3n) is 2.42. The Balaban J connectivity index is 0. The average Bonchev–Trinajstić information content (AvgIpc) is 2.34. The first kappa shape index (κ1) is 21.2. The normalized spacial score (nSPS) is 12.7. The molecule has 19 heavy (non-hydrogen) atoms. The number of hydrogen-bond donors (Lipinski definition) is 2. The summed E-state index contributed by atoms with van der Waals surface area (Å²) in [6.07, 6.45) is 3.36. The van der Waals surface area contributed by atoms with Gasteiger partial charge in [-0.25, -0.2) is 0 Å². The minimum atomic E-state index is 0. The molecule has 0 rings (SSSR count). The van der Waals surface area contributed by atoms with E-state index in [4.69, 9.17) is 9.47 Å². The number of unbranched alkanes of at least 4 members (excludes halogenated alkanes) is 2. The van der Waals surface area contributed by atoms with E-state index >= 15 is 0 Å². The first-order chi connectivity index (χ1) is 8.74. The number of nitrogens with zero attached hydrogens (tertiary/aromatic N) is 1. The van der Waals surface area contributed by atoms with Crippen molar-refractivity contribution in [3.8, 4) is 0 Å². The van der Waals surface area contributed by atoms with E-state index in [-0.39, 0.29) is 30.0 Å². The maximum absolute atomic E-state index is 5.09. The number of guanidine groups is 1. The number of hydrogen-bond acceptors (Lipinski definition) is 3. The second-order valence-electron chi connectivity index (χ2n) is 4.31. The third kappa shape index (κ3) is 14.1. The van der Waals surface area contributed by atoms with Crippen molar-refractivity contribution < 1.29 is 9.47 Å². The highest BCUT2D eigenvalue weighted by molar-refractivity contribution is 14.0. The SMILES string of the molecule is CCNC(=NCCCCCOC)NC(C)COC.I. The first-order valence-electron chi connectivity index (χ1n) is 6.77. The van der Waals surface area contributed by atoms with Crippen molar-refractivity contribution >= 4 is 29.9 Å². The predicted molar refractivity (Wildman–Crippen MR) is 91.6 cm³/mol.